The van der Waals surface area contributed by atoms with E-state index < -0.39 is 77.3 Å². The van der Waals surface area contributed by atoms with E-state index in [1.807, 2.05) is 0 Å². The molecule has 0 saturated carbocycles. The summed E-state index contributed by atoms with van der Waals surface area (Å²) in [7, 11) is 4.90. The summed E-state index contributed by atoms with van der Waals surface area (Å²) < 4.78 is 23.6. The second kappa shape index (κ2) is 15.6. The van der Waals surface area contributed by atoms with Crippen LogP contribution >= 0.6 is 0 Å². The molecule has 5 N–H and O–H groups in total. The monoisotopic (exact) mass is 724 g/mol. The zero-order valence-electron chi connectivity index (χ0n) is 31.7. The van der Waals surface area contributed by atoms with Crippen molar-refractivity contribution in [2.75, 3.05) is 31.4 Å². The highest BCUT2D eigenvalue weighted by Crippen LogP contribution is 2.53. The summed E-state index contributed by atoms with van der Waals surface area (Å²) in [5.74, 6) is -6.62. The Morgan fingerprint density at radius 1 is 0.962 bits per heavy atom. The van der Waals surface area contributed by atoms with Crippen molar-refractivity contribution < 1.29 is 53.8 Å². The van der Waals surface area contributed by atoms with E-state index in [-0.39, 0.29) is 44.7 Å². The zero-order valence-corrected chi connectivity index (χ0v) is 31.7. The molecule has 0 unspecified atom stereocenters. The number of nitrogens with one attached hydrogen (secondary N) is 1. The van der Waals surface area contributed by atoms with Crippen LogP contribution in [0.4, 0.5) is 11.4 Å². The Bertz CT molecular complexity index is 1820. The molecule has 0 fully saturated rings. The molecule has 9 atom stereocenters. The van der Waals surface area contributed by atoms with Crippen molar-refractivity contribution in [3.05, 3.63) is 53.3 Å². The number of aliphatic hydroxyl groups is 2. The van der Waals surface area contributed by atoms with E-state index in [4.69, 9.17) is 18.9 Å². The molecule has 0 aliphatic carbocycles. The van der Waals surface area contributed by atoms with Gasteiger partial charge in [-0.2, -0.15) is 0 Å². The number of anilines is 2. The van der Waals surface area contributed by atoms with Crippen LogP contribution in [0.15, 0.2) is 42.2 Å². The first-order chi connectivity index (χ1) is 24.3. The predicted octanol–water partition coefficient (Wildman–Crippen LogP) is 5.11. The number of allylic oxidation sites excluding steroid dienone is 2. The van der Waals surface area contributed by atoms with Gasteiger partial charge in [0.25, 0.3) is 11.7 Å². The summed E-state index contributed by atoms with van der Waals surface area (Å²) in [6, 6.07) is 1.51. The Morgan fingerprint density at radius 3 is 2.21 bits per heavy atom. The molecule has 1 amide bonds. The van der Waals surface area contributed by atoms with Gasteiger partial charge in [0.1, 0.15) is 17.6 Å². The van der Waals surface area contributed by atoms with Crippen molar-refractivity contribution in [2.45, 2.75) is 85.6 Å². The van der Waals surface area contributed by atoms with Crippen molar-refractivity contribution in [2.24, 2.45) is 23.7 Å². The molecule has 0 spiro atoms. The van der Waals surface area contributed by atoms with E-state index in [9.17, 15) is 34.8 Å². The van der Waals surface area contributed by atoms with Crippen LogP contribution < -0.4 is 15.0 Å². The standard InChI is InChI=1S/C39H52N2O11/c1-18-13-12-14-19(2)38(48)40-25-17-26(41(9)10)28-29(34(25)46)33(45)23(6)36-30(28)37(47)39(8,52-36)50-16-15-27(49-11)20(3)35(51-24(7)42)22(5)32(44)21(4)31(18)43/h12-18,20-22,27,31-32,35,43-46H,1-11H3,(H,40,48)/b13-12+,16-15+,19-14-/t18-,20-,21+,22-,27-,31-,32+,35+,39-/m0/s1. The summed E-state index contributed by atoms with van der Waals surface area (Å²) in [4.78, 5) is 41.5. The smallest absolute Gasteiger partial charge is 0.312 e. The number of ketones is 1. The van der Waals surface area contributed by atoms with Crippen molar-refractivity contribution in [1.29, 1.82) is 0 Å². The van der Waals surface area contributed by atoms with Crippen LogP contribution in [0.5, 0.6) is 17.2 Å². The molecule has 52 heavy (non-hydrogen) atoms. The van der Waals surface area contributed by atoms with Crippen LogP contribution in [0.2, 0.25) is 0 Å². The van der Waals surface area contributed by atoms with Gasteiger partial charge >= 0.3 is 11.8 Å². The quantitative estimate of drug-likeness (QED) is 0.209. The molecule has 3 aliphatic heterocycles. The number of carbonyl (C=O) groups excluding carboxylic acids is 3. The molecule has 5 rings (SSSR count). The highest BCUT2D eigenvalue weighted by atomic mass is 16.7. The van der Waals surface area contributed by atoms with Gasteiger partial charge in [-0.05, 0) is 26.0 Å². The summed E-state index contributed by atoms with van der Waals surface area (Å²) in [6.07, 6.45) is 3.97. The maximum atomic E-state index is 14.2. The second-order valence-corrected chi connectivity index (χ2v) is 14.3. The number of methoxy groups -OCH3 is 1. The third-order valence-corrected chi connectivity index (χ3v) is 10.3. The van der Waals surface area contributed by atoms with Crippen LogP contribution in [0.3, 0.4) is 0 Å². The summed E-state index contributed by atoms with van der Waals surface area (Å²) in [6.45, 7) is 12.8. The maximum absolute atomic E-state index is 14.2. The molecule has 0 radical (unpaired) electrons. The first kappa shape index (κ1) is 40.2. The van der Waals surface area contributed by atoms with Crippen LogP contribution in [0.1, 0.15) is 64.4 Å². The number of Topliss-reactive ketones (excluding diaryl/α,β-unsaturated/α-hetero) is 1. The number of hydrogen-bond donors (Lipinski definition) is 5. The minimum Gasteiger partial charge on any atom is -0.507 e. The molecule has 3 aliphatic rings. The Balaban J connectivity index is 1.92. The Labute approximate surface area is 304 Å². The molecule has 0 saturated heterocycles. The van der Waals surface area contributed by atoms with Crippen LogP contribution in [0.25, 0.3) is 10.8 Å². The lowest BCUT2D eigenvalue weighted by Crippen LogP contribution is -2.46. The molecule has 3 heterocycles. The third-order valence-electron chi connectivity index (χ3n) is 10.3. The number of carbonyl (C=O) groups is 3. The fourth-order valence-electron chi connectivity index (χ4n) is 7.00. The van der Waals surface area contributed by atoms with Crippen LogP contribution in [-0.4, -0.2) is 89.5 Å². The first-order valence-electron chi connectivity index (χ1n) is 17.3. The summed E-state index contributed by atoms with van der Waals surface area (Å²) in [5, 5.41) is 48.5. The van der Waals surface area contributed by atoms with E-state index in [1.54, 1.807) is 84.8 Å². The van der Waals surface area contributed by atoms with Gasteiger partial charge in [-0.15, -0.1) is 0 Å². The number of esters is 1. The number of aromatic hydroxyl groups is 2. The van der Waals surface area contributed by atoms with Crippen LogP contribution in [-0.2, 0) is 23.8 Å². The Kier molecular flexibility index (Phi) is 12.0. The normalized spacial score (nSPS) is 32.4. The number of phenols is 2. The molecular weight excluding hydrogens is 672 g/mol. The molecule has 284 valence electrons. The topological polar surface area (TPSA) is 184 Å². The lowest BCUT2D eigenvalue weighted by molar-refractivity contribution is -0.160. The molecule has 2 aromatic rings. The van der Waals surface area contributed by atoms with Crippen molar-refractivity contribution >= 4 is 39.8 Å². The fourth-order valence-corrected chi connectivity index (χ4v) is 7.00. The van der Waals surface area contributed by atoms with Crippen LogP contribution in [0, 0.1) is 30.6 Å². The van der Waals surface area contributed by atoms with E-state index in [0.717, 1.165) is 0 Å². The number of benzene rings is 2. The number of rotatable bonds is 3. The molecule has 2 aromatic carbocycles. The highest BCUT2D eigenvalue weighted by Gasteiger charge is 2.49. The molecular formula is C39H52N2O11. The van der Waals surface area contributed by atoms with Crippen molar-refractivity contribution in [3.63, 3.8) is 0 Å². The largest absolute Gasteiger partial charge is 0.507 e. The van der Waals surface area contributed by atoms with E-state index in [1.165, 1.54) is 33.3 Å². The van der Waals surface area contributed by atoms with Gasteiger partial charge in [0.05, 0.1) is 41.2 Å². The third kappa shape index (κ3) is 7.48. The minimum atomic E-state index is -1.90. The number of aliphatic hydroxyl groups excluding tert-OH is 2. The van der Waals surface area contributed by atoms with Gasteiger partial charge in [0, 0.05) is 80.9 Å². The van der Waals surface area contributed by atoms with E-state index in [0.29, 0.717) is 5.69 Å². The van der Waals surface area contributed by atoms with Gasteiger partial charge in [0.15, 0.2) is 5.75 Å². The summed E-state index contributed by atoms with van der Waals surface area (Å²) in [5.41, 5.74) is 0.926. The van der Waals surface area contributed by atoms with Gasteiger partial charge in [-0.1, -0.05) is 45.9 Å². The van der Waals surface area contributed by atoms with Crippen molar-refractivity contribution in [3.8, 4) is 17.2 Å². The fraction of sp³-hybridized carbons (Fsp3) is 0.513. The first-order valence-corrected chi connectivity index (χ1v) is 17.3. The molecule has 0 aromatic heterocycles. The number of amides is 1. The minimum absolute atomic E-state index is 0.00264. The average Bonchev–Trinajstić information content (AvgIpc) is 3.35. The highest BCUT2D eigenvalue weighted by molar-refractivity contribution is 6.23. The summed E-state index contributed by atoms with van der Waals surface area (Å²) >= 11 is 0. The van der Waals surface area contributed by atoms with Gasteiger partial charge < -0.3 is 49.6 Å². The number of fused-ring (bicyclic) bond motifs is 14. The van der Waals surface area contributed by atoms with Gasteiger partial charge in [-0.3, -0.25) is 14.4 Å². The van der Waals surface area contributed by atoms with E-state index in [2.05, 4.69) is 5.32 Å². The van der Waals surface area contributed by atoms with Gasteiger partial charge in [0.2, 0.25) is 0 Å². The number of phenolic OH excluding ortho intramolecular Hbond substituents is 2. The molecule has 13 heteroatoms. The predicted molar refractivity (Wildman–Crippen MR) is 196 cm³/mol. The number of nitrogens with zero attached hydrogens (tertiary/aromatic N) is 1. The molecule has 13 nitrogen and oxygen atoms in total. The Hall–Kier alpha value is -4.59. The molecule has 5 bridgehead atoms. The van der Waals surface area contributed by atoms with E-state index >= 15 is 0 Å². The lowest BCUT2D eigenvalue weighted by atomic mass is 9.78. The van der Waals surface area contributed by atoms with Gasteiger partial charge in [-0.25, -0.2) is 0 Å². The zero-order chi connectivity index (χ0) is 39.0. The Morgan fingerprint density at radius 2 is 1.62 bits per heavy atom. The number of ether oxygens (including phenoxy) is 4. The average molecular weight is 725 g/mol. The van der Waals surface area contributed by atoms with Crippen molar-refractivity contribution in [1.82, 2.24) is 0 Å². The maximum Gasteiger partial charge on any atom is 0.312 e. The second-order valence-electron chi connectivity index (χ2n) is 14.3. The number of hydrogen-bond acceptors (Lipinski definition) is 12. The lowest BCUT2D eigenvalue weighted by Gasteiger charge is -2.38. The SMILES string of the molecule is CO[C@H]1/C=C/O[C@@]2(C)Oc3c(C)c(O)c4c(O)c(cc(N(C)C)c4c3C2=O)NC(=O)/C(C)=C\C=C\[C@H](C)[C@H](O)[C@@H](C)[C@@H](O)[C@H](C)[C@H](OC(C)=O)[C@H]1C.